The van der Waals surface area contributed by atoms with Gasteiger partial charge in [-0.3, -0.25) is 0 Å². The van der Waals surface area contributed by atoms with Crippen molar-refractivity contribution in [3.63, 3.8) is 0 Å². The lowest BCUT2D eigenvalue weighted by atomic mass is 10.4. The Morgan fingerprint density at radius 2 is 2.44 bits per heavy atom. The lowest BCUT2D eigenvalue weighted by Crippen LogP contribution is -2.16. The van der Waals surface area contributed by atoms with E-state index in [1.807, 2.05) is 23.7 Å². The summed E-state index contributed by atoms with van der Waals surface area (Å²) in [5.41, 5.74) is 0. The van der Waals surface area contributed by atoms with E-state index in [0.717, 1.165) is 23.7 Å². The van der Waals surface area contributed by atoms with Crippen LogP contribution in [0, 0.1) is 11.3 Å². The molecule has 0 unspecified atom stereocenters. The topological polar surface area (TPSA) is 61.9 Å². The first-order chi connectivity index (χ1) is 7.88. The Balaban J connectivity index is 1.70. The van der Waals surface area contributed by atoms with Gasteiger partial charge in [0.15, 0.2) is 0 Å². The van der Waals surface area contributed by atoms with Gasteiger partial charge in [0.2, 0.25) is 5.76 Å². The van der Waals surface area contributed by atoms with Crippen LogP contribution in [0.3, 0.4) is 0 Å². The van der Waals surface area contributed by atoms with E-state index in [9.17, 15) is 0 Å². The number of nitrogens with one attached hydrogen (secondary N) is 1. The highest BCUT2D eigenvalue weighted by molar-refractivity contribution is 7.09. The average molecular weight is 233 g/mol. The molecule has 4 nitrogen and oxygen atoms in total. The summed E-state index contributed by atoms with van der Waals surface area (Å²) in [6.07, 6.45) is 2.73. The van der Waals surface area contributed by atoms with E-state index in [1.54, 1.807) is 17.4 Å². The van der Waals surface area contributed by atoms with Crippen molar-refractivity contribution in [2.24, 2.45) is 0 Å². The quantitative estimate of drug-likeness (QED) is 0.802. The minimum Gasteiger partial charge on any atom is -0.449 e. The summed E-state index contributed by atoms with van der Waals surface area (Å²) in [7, 11) is 0. The fourth-order valence-electron chi connectivity index (χ4n) is 1.32. The minimum atomic E-state index is 0.358. The van der Waals surface area contributed by atoms with Crippen LogP contribution in [0.1, 0.15) is 16.5 Å². The molecule has 2 heterocycles. The number of hydrogen-bond acceptors (Lipinski definition) is 5. The van der Waals surface area contributed by atoms with Gasteiger partial charge >= 0.3 is 0 Å². The molecule has 2 rings (SSSR count). The SMILES string of the molecule is N#Cc1ccc(CNCCc2nccs2)o1. The minimum absolute atomic E-state index is 0.358. The van der Waals surface area contributed by atoms with Gasteiger partial charge in [-0.15, -0.1) is 11.3 Å². The molecule has 0 bridgehead atoms. The van der Waals surface area contributed by atoms with E-state index in [-0.39, 0.29) is 0 Å². The highest BCUT2D eigenvalue weighted by Crippen LogP contribution is 2.06. The van der Waals surface area contributed by atoms with Crippen molar-refractivity contribution in [2.45, 2.75) is 13.0 Å². The van der Waals surface area contributed by atoms with Crippen LogP contribution in [-0.4, -0.2) is 11.5 Å². The van der Waals surface area contributed by atoms with Gasteiger partial charge in [-0.05, 0) is 12.1 Å². The number of hydrogen-bond donors (Lipinski definition) is 1. The summed E-state index contributed by atoms with van der Waals surface area (Å²) in [5.74, 6) is 1.15. The van der Waals surface area contributed by atoms with E-state index >= 15 is 0 Å². The van der Waals surface area contributed by atoms with Crippen LogP contribution >= 0.6 is 11.3 Å². The largest absolute Gasteiger partial charge is 0.449 e. The van der Waals surface area contributed by atoms with Gasteiger partial charge in [0.1, 0.15) is 11.8 Å². The van der Waals surface area contributed by atoms with Gasteiger partial charge in [-0.25, -0.2) is 4.98 Å². The molecule has 5 heteroatoms. The van der Waals surface area contributed by atoms with Crippen molar-refractivity contribution in [1.82, 2.24) is 10.3 Å². The maximum absolute atomic E-state index is 8.58. The van der Waals surface area contributed by atoms with E-state index in [1.165, 1.54) is 0 Å². The van der Waals surface area contributed by atoms with Crippen LogP contribution in [-0.2, 0) is 13.0 Å². The predicted molar refractivity (Wildman–Crippen MR) is 60.9 cm³/mol. The molecule has 0 aliphatic carbocycles. The van der Waals surface area contributed by atoms with E-state index in [0.29, 0.717) is 12.3 Å². The van der Waals surface area contributed by atoms with Gasteiger partial charge < -0.3 is 9.73 Å². The van der Waals surface area contributed by atoms with Crippen molar-refractivity contribution in [1.29, 1.82) is 5.26 Å². The number of aromatic nitrogens is 1. The van der Waals surface area contributed by atoms with Gasteiger partial charge in [0.05, 0.1) is 11.6 Å². The Kier molecular flexibility index (Phi) is 3.70. The zero-order valence-corrected chi connectivity index (χ0v) is 9.46. The van der Waals surface area contributed by atoms with Gasteiger partial charge in [-0.2, -0.15) is 5.26 Å². The van der Waals surface area contributed by atoms with E-state index < -0.39 is 0 Å². The normalized spacial score (nSPS) is 10.2. The zero-order valence-electron chi connectivity index (χ0n) is 8.64. The summed E-state index contributed by atoms with van der Waals surface area (Å²) in [4.78, 5) is 4.19. The Bertz CT molecular complexity index is 470. The molecule has 0 atom stereocenters. The fourth-order valence-corrected chi connectivity index (χ4v) is 1.94. The predicted octanol–water partition coefficient (Wildman–Crippen LogP) is 1.94. The first-order valence-electron chi connectivity index (χ1n) is 4.96. The third kappa shape index (κ3) is 2.92. The Labute approximate surface area is 97.5 Å². The third-order valence-electron chi connectivity index (χ3n) is 2.07. The summed E-state index contributed by atoms with van der Waals surface area (Å²) in [6.45, 7) is 1.50. The monoisotopic (exact) mass is 233 g/mol. The maximum atomic E-state index is 8.58. The van der Waals surface area contributed by atoms with Crippen LogP contribution in [0.2, 0.25) is 0 Å². The molecule has 0 aliphatic heterocycles. The molecule has 16 heavy (non-hydrogen) atoms. The molecule has 0 saturated carbocycles. The number of thiazole rings is 1. The van der Waals surface area contributed by atoms with Gasteiger partial charge in [0.25, 0.3) is 0 Å². The smallest absolute Gasteiger partial charge is 0.203 e. The Morgan fingerprint density at radius 3 is 3.12 bits per heavy atom. The second-order valence-corrected chi connectivity index (χ2v) is 4.21. The van der Waals surface area contributed by atoms with Crippen molar-refractivity contribution in [2.75, 3.05) is 6.54 Å². The van der Waals surface area contributed by atoms with Crippen molar-refractivity contribution in [3.8, 4) is 6.07 Å². The zero-order chi connectivity index (χ0) is 11.2. The molecule has 0 aliphatic rings. The van der Waals surface area contributed by atoms with Crippen molar-refractivity contribution >= 4 is 11.3 Å². The molecule has 0 spiro atoms. The molecule has 0 radical (unpaired) electrons. The number of nitriles is 1. The number of furan rings is 1. The summed E-state index contributed by atoms with van der Waals surface area (Å²) < 4.78 is 5.23. The molecule has 0 fully saturated rings. The summed E-state index contributed by atoms with van der Waals surface area (Å²) >= 11 is 1.66. The molecule has 2 aromatic heterocycles. The summed E-state index contributed by atoms with van der Waals surface area (Å²) in [5, 5.41) is 14.9. The number of nitrogens with zero attached hydrogens (tertiary/aromatic N) is 2. The fraction of sp³-hybridized carbons (Fsp3) is 0.273. The van der Waals surface area contributed by atoms with Crippen LogP contribution < -0.4 is 5.32 Å². The van der Waals surface area contributed by atoms with Crippen LogP contribution in [0.5, 0.6) is 0 Å². The van der Waals surface area contributed by atoms with Crippen LogP contribution in [0.15, 0.2) is 28.1 Å². The molecule has 0 saturated heterocycles. The van der Waals surface area contributed by atoms with Crippen LogP contribution in [0.25, 0.3) is 0 Å². The second-order valence-electron chi connectivity index (χ2n) is 3.23. The van der Waals surface area contributed by atoms with Crippen LogP contribution in [0.4, 0.5) is 0 Å². The van der Waals surface area contributed by atoms with Crippen molar-refractivity contribution < 1.29 is 4.42 Å². The lowest BCUT2D eigenvalue weighted by Gasteiger charge is -1.99. The molecule has 2 aromatic rings. The number of rotatable bonds is 5. The molecule has 0 amide bonds. The van der Waals surface area contributed by atoms with Gasteiger partial charge in [0, 0.05) is 24.5 Å². The standard InChI is InChI=1S/C11H11N3OS/c12-7-9-1-2-10(15-9)8-13-4-3-11-14-5-6-16-11/h1-2,5-6,13H,3-4,8H2. The lowest BCUT2D eigenvalue weighted by molar-refractivity contribution is 0.475. The molecular weight excluding hydrogens is 222 g/mol. The Hall–Kier alpha value is -1.64. The first kappa shape index (κ1) is 10.9. The maximum Gasteiger partial charge on any atom is 0.203 e. The highest BCUT2D eigenvalue weighted by Gasteiger charge is 2.00. The average Bonchev–Trinajstić information content (AvgIpc) is 2.95. The molecular formula is C11H11N3OS. The second kappa shape index (κ2) is 5.45. The summed E-state index contributed by atoms with van der Waals surface area (Å²) in [6, 6.07) is 5.45. The van der Waals surface area contributed by atoms with Crippen molar-refractivity contribution in [3.05, 3.63) is 40.2 Å². The third-order valence-corrected chi connectivity index (χ3v) is 2.91. The molecule has 1 N–H and O–H groups in total. The van der Waals surface area contributed by atoms with Gasteiger partial charge in [-0.1, -0.05) is 0 Å². The first-order valence-corrected chi connectivity index (χ1v) is 5.84. The Morgan fingerprint density at radius 1 is 1.50 bits per heavy atom. The van der Waals surface area contributed by atoms with E-state index in [2.05, 4.69) is 10.3 Å². The highest BCUT2D eigenvalue weighted by atomic mass is 32.1. The molecule has 82 valence electrons. The van der Waals surface area contributed by atoms with E-state index in [4.69, 9.17) is 9.68 Å². The molecule has 0 aromatic carbocycles.